The summed E-state index contributed by atoms with van der Waals surface area (Å²) < 4.78 is 5.57. The van der Waals surface area contributed by atoms with Gasteiger partial charge < -0.3 is 15.4 Å². The molecule has 1 aromatic heterocycles. The van der Waals surface area contributed by atoms with E-state index in [9.17, 15) is 4.79 Å². The van der Waals surface area contributed by atoms with E-state index in [0.29, 0.717) is 5.56 Å². The van der Waals surface area contributed by atoms with Crippen LogP contribution >= 0.6 is 0 Å². The van der Waals surface area contributed by atoms with E-state index in [2.05, 4.69) is 15.6 Å². The maximum atomic E-state index is 12.1. The lowest BCUT2D eigenvalue weighted by atomic mass is 10.1. The molecule has 0 aliphatic carbocycles. The number of anilines is 1. The molecule has 0 saturated carbocycles. The Kier molecular flexibility index (Phi) is 4.74. The van der Waals surface area contributed by atoms with Crippen LogP contribution in [0.25, 0.3) is 0 Å². The van der Waals surface area contributed by atoms with E-state index in [0.717, 1.165) is 31.8 Å². The molecule has 0 bridgehead atoms. The summed E-state index contributed by atoms with van der Waals surface area (Å²) in [4.78, 5) is 16.3. The lowest BCUT2D eigenvalue weighted by Gasteiger charge is -2.20. The minimum Gasteiger partial charge on any atom is -0.376 e. The van der Waals surface area contributed by atoms with Gasteiger partial charge in [0.25, 0.3) is 5.91 Å². The summed E-state index contributed by atoms with van der Waals surface area (Å²) in [6.07, 6.45) is 3.87. The molecule has 2 N–H and O–H groups in total. The molecule has 0 spiro atoms. The average molecular weight is 263 g/mol. The molecule has 5 heteroatoms. The second kappa shape index (κ2) is 6.52. The molecule has 0 aromatic carbocycles. The van der Waals surface area contributed by atoms with E-state index in [-0.39, 0.29) is 18.1 Å². The van der Waals surface area contributed by atoms with Crippen molar-refractivity contribution >= 4 is 11.7 Å². The van der Waals surface area contributed by atoms with Gasteiger partial charge in [0.05, 0.1) is 12.1 Å². The highest BCUT2D eigenvalue weighted by Crippen LogP contribution is 2.16. The first kappa shape index (κ1) is 13.8. The van der Waals surface area contributed by atoms with Crippen LogP contribution in [0.4, 0.5) is 5.82 Å². The molecule has 1 aromatic rings. The van der Waals surface area contributed by atoms with Gasteiger partial charge in [-0.2, -0.15) is 0 Å². The molecular weight excluding hydrogens is 242 g/mol. The largest absolute Gasteiger partial charge is 0.376 e. The van der Waals surface area contributed by atoms with Gasteiger partial charge in [-0.1, -0.05) is 0 Å². The number of carbonyl (C=O) groups is 1. The summed E-state index contributed by atoms with van der Waals surface area (Å²) >= 11 is 0. The lowest BCUT2D eigenvalue weighted by Crippen LogP contribution is -2.40. The van der Waals surface area contributed by atoms with Crippen molar-refractivity contribution in [3.63, 3.8) is 0 Å². The minimum atomic E-state index is -0.0791. The van der Waals surface area contributed by atoms with E-state index < -0.39 is 0 Å². The Morgan fingerprint density at radius 2 is 2.47 bits per heavy atom. The third-order valence-corrected chi connectivity index (χ3v) is 3.26. The number of nitrogens with zero attached hydrogens (tertiary/aromatic N) is 1. The number of hydrogen-bond acceptors (Lipinski definition) is 4. The summed E-state index contributed by atoms with van der Waals surface area (Å²) in [6, 6.07) is 3.52. The molecule has 1 amide bonds. The summed E-state index contributed by atoms with van der Waals surface area (Å²) in [6.45, 7) is 5.56. The lowest BCUT2D eigenvalue weighted by molar-refractivity contribution is 0.0712. The monoisotopic (exact) mass is 263 g/mol. The van der Waals surface area contributed by atoms with Gasteiger partial charge >= 0.3 is 0 Å². The summed E-state index contributed by atoms with van der Waals surface area (Å²) in [5, 5.41) is 6.08. The van der Waals surface area contributed by atoms with E-state index in [1.54, 1.807) is 18.3 Å². The predicted molar refractivity (Wildman–Crippen MR) is 74.3 cm³/mol. The highest BCUT2D eigenvalue weighted by atomic mass is 16.5. The highest BCUT2D eigenvalue weighted by molar-refractivity contribution is 5.95. The number of carbonyl (C=O) groups excluding carboxylic acids is 1. The van der Waals surface area contributed by atoms with Gasteiger partial charge in [-0.15, -0.1) is 0 Å². The van der Waals surface area contributed by atoms with E-state index in [1.807, 2.05) is 13.8 Å². The van der Waals surface area contributed by atoms with Gasteiger partial charge in [0.2, 0.25) is 0 Å². The van der Waals surface area contributed by atoms with Crippen LogP contribution in [0.1, 0.15) is 37.0 Å². The van der Waals surface area contributed by atoms with Crippen molar-refractivity contribution in [1.29, 1.82) is 0 Å². The molecule has 2 rings (SSSR count). The number of nitrogens with one attached hydrogen (secondary N) is 2. The Bertz CT molecular complexity index is 430. The number of rotatable bonds is 5. The van der Waals surface area contributed by atoms with Crippen molar-refractivity contribution in [2.45, 2.75) is 38.8 Å². The number of hydrogen-bond donors (Lipinski definition) is 2. The Hall–Kier alpha value is -1.62. The maximum Gasteiger partial charge on any atom is 0.251 e. The first-order valence-electron chi connectivity index (χ1n) is 6.83. The maximum absolute atomic E-state index is 12.1. The summed E-state index contributed by atoms with van der Waals surface area (Å²) in [5.74, 6) is 0.643. The van der Waals surface area contributed by atoms with Crippen LogP contribution in [0, 0.1) is 0 Å². The SMILES string of the molecule is CCNc1cc(C(=O)NC(C)C2CCCO2)ccn1. The Balaban J connectivity index is 1.96. The van der Waals surface area contributed by atoms with Crippen LogP contribution in [0.15, 0.2) is 18.3 Å². The zero-order valence-electron chi connectivity index (χ0n) is 11.5. The smallest absolute Gasteiger partial charge is 0.251 e. The summed E-state index contributed by atoms with van der Waals surface area (Å²) in [7, 11) is 0. The van der Waals surface area contributed by atoms with Crippen molar-refractivity contribution in [3.8, 4) is 0 Å². The molecule has 104 valence electrons. The zero-order chi connectivity index (χ0) is 13.7. The van der Waals surface area contributed by atoms with Crippen LogP contribution in [0.2, 0.25) is 0 Å². The highest BCUT2D eigenvalue weighted by Gasteiger charge is 2.23. The quantitative estimate of drug-likeness (QED) is 0.850. The van der Waals surface area contributed by atoms with Crippen LogP contribution in [-0.2, 0) is 4.74 Å². The van der Waals surface area contributed by atoms with Gasteiger partial charge in [-0.3, -0.25) is 4.79 Å². The normalized spacial score (nSPS) is 20.0. The Labute approximate surface area is 113 Å². The number of ether oxygens (including phenoxy) is 1. The molecule has 2 unspecified atom stereocenters. The van der Waals surface area contributed by atoms with Crippen LogP contribution in [0.3, 0.4) is 0 Å². The van der Waals surface area contributed by atoms with Crippen molar-refractivity contribution in [2.24, 2.45) is 0 Å². The van der Waals surface area contributed by atoms with Crippen molar-refractivity contribution in [1.82, 2.24) is 10.3 Å². The average Bonchev–Trinajstić information content (AvgIpc) is 2.93. The third kappa shape index (κ3) is 3.67. The van der Waals surface area contributed by atoms with Crippen LogP contribution in [-0.4, -0.2) is 36.2 Å². The molecule has 1 aliphatic heterocycles. The van der Waals surface area contributed by atoms with Crippen molar-refractivity contribution < 1.29 is 9.53 Å². The van der Waals surface area contributed by atoms with Gasteiger partial charge in [0.1, 0.15) is 5.82 Å². The molecule has 5 nitrogen and oxygen atoms in total. The molecule has 1 saturated heterocycles. The fourth-order valence-electron chi connectivity index (χ4n) is 2.23. The fraction of sp³-hybridized carbons (Fsp3) is 0.571. The van der Waals surface area contributed by atoms with Crippen LogP contribution in [0.5, 0.6) is 0 Å². The van der Waals surface area contributed by atoms with Gasteiger partial charge in [-0.05, 0) is 38.8 Å². The number of amides is 1. The predicted octanol–water partition coefficient (Wildman–Crippen LogP) is 1.81. The van der Waals surface area contributed by atoms with E-state index in [4.69, 9.17) is 4.74 Å². The molecule has 2 atom stereocenters. The molecule has 1 aliphatic rings. The first-order valence-corrected chi connectivity index (χ1v) is 6.83. The van der Waals surface area contributed by atoms with Gasteiger partial charge in [0, 0.05) is 24.9 Å². The van der Waals surface area contributed by atoms with Crippen molar-refractivity contribution in [3.05, 3.63) is 23.9 Å². The molecular formula is C14H21N3O2. The third-order valence-electron chi connectivity index (χ3n) is 3.26. The molecule has 2 heterocycles. The van der Waals surface area contributed by atoms with E-state index >= 15 is 0 Å². The Morgan fingerprint density at radius 1 is 1.63 bits per heavy atom. The number of pyridine rings is 1. The number of aromatic nitrogens is 1. The second-order valence-corrected chi connectivity index (χ2v) is 4.77. The molecule has 19 heavy (non-hydrogen) atoms. The minimum absolute atomic E-state index is 0.0331. The van der Waals surface area contributed by atoms with E-state index in [1.165, 1.54) is 0 Å². The summed E-state index contributed by atoms with van der Waals surface area (Å²) in [5.41, 5.74) is 0.621. The molecule has 0 radical (unpaired) electrons. The van der Waals surface area contributed by atoms with Gasteiger partial charge in [-0.25, -0.2) is 4.98 Å². The fourth-order valence-corrected chi connectivity index (χ4v) is 2.23. The molecule has 1 fully saturated rings. The van der Waals surface area contributed by atoms with Gasteiger partial charge in [0.15, 0.2) is 0 Å². The standard InChI is InChI=1S/C14H21N3O2/c1-3-15-13-9-11(6-7-16-13)14(18)17-10(2)12-5-4-8-19-12/h6-7,9-10,12H,3-5,8H2,1-2H3,(H,15,16)(H,17,18). The zero-order valence-corrected chi connectivity index (χ0v) is 11.5. The first-order chi connectivity index (χ1) is 9.20. The van der Waals surface area contributed by atoms with Crippen molar-refractivity contribution in [2.75, 3.05) is 18.5 Å². The topological polar surface area (TPSA) is 63.2 Å². The Morgan fingerprint density at radius 3 is 3.16 bits per heavy atom. The van der Waals surface area contributed by atoms with Crippen LogP contribution < -0.4 is 10.6 Å². The second-order valence-electron chi connectivity index (χ2n) is 4.77.